The van der Waals surface area contributed by atoms with E-state index in [1.54, 1.807) is 0 Å². The molecule has 0 amide bonds. The summed E-state index contributed by atoms with van der Waals surface area (Å²) in [7, 11) is 0. The van der Waals surface area contributed by atoms with Gasteiger partial charge in [-0.3, -0.25) is 0 Å². The van der Waals surface area contributed by atoms with Crippen LogP contribution in [0.3, 0.4) is 0 Å². The third-order valence-corrected chi connectivity index (χ3v) is 3.22. The lowest BCUT2D eigenvalue weighted by molar-refractivity contribution is 0.107. The van der Waals surface area contributed by atoms with Crippen LogP contribution in [0.25, 0.3) is 0 Å². The minimum Gasteiger partial charge on any atom is -0.376 e. The molecule has 0 aromatic heterocycles. The SMILES string of the molecule is Cc1ccc(C(Cl)C2CCCO2)cc1. The molecule has 1 fully saturated rings. The number of hydrogen-bond donors (Lipinski definition) is 0. The topological polar surface area (TPSA) is 9.23 Å². The van der Waals surface area contributed by atoms with Gasteiger partial charge in [-0.1, -0.05) is 29.8 Å². The first-order valence-electron chi connectivity index (χ1n) is 5.09. The molecule has 2 rings (SSSR count). The molecule has 1 saturated heterocycles. The zero-order chi connectivity index (χ0) is 9.97. The molecule has 1 nitrogen and oxygen atoms in total. The van der Waals surface area contributed by atoms with E-state index < -0.39 is 0 Å². The van der Waals surface area contributed by atoms with Gasteiger partial charge in [-0.25, -0.2) is 0 Å². The van der Waals surface area contributed by atoms with Crippen molar-refractivity contribution in [3.05, 3.63) is 35.4 Å². The van der Waals surface area contributed by atoms with E-state index in [9.17, 15) is 0 Å². The maximum absolute atomic E-state index is 6.34. The third kappa shape index (κ3) is 2.10. The smallest absolute Gasteiger partial charge is 0.0847 e. The lowest BCUT2D eigenvalue weighted by atomic mass is 10.0. The summed E-state index contributed by atoms with van der Waals surface area (Å²) in [6.45, 7) is 2.94. The van der Waals surface area contributed by atoms with Gasteiger partial charge in [0.1, 0.15) is 0 Å². The Morgan fingerprint density at radius 1 is 1.36 bits per heavy atom. The van der Waals surface area contributed by atoms with Crippen molar-refractivity contribution >= 4 is 11.6 Å². The van der Waals surface area contributed by atoms with Gasteiger partial charge in [0.2, 0.25) is 0 Å². The molecule has 1 aromatic carbocycles. The summed E-state index contributed by atoms with van der Waals surface area (Å²) in [6.07, 6.45) is 2.43. The Morgan fingerprint density at radius 2 is 2.07 bits per heavy atom. The largest absolute Gasteiger partial charge is 0.376 e. The second kappa shape index (κ2) is 4.33. The Kier molecular flexibility index (Phi) is 3.09. The van der Waals surface area contributed by atoms with Crippen molar-refractivity contribution in [1.82, 2.24) is 0 Å². The van der Waals surface area contributed by atoms with E-state index in [2.05, 4.69) is 31.2 Å². The van der Waals surface area contributed by atoms with Crippen molar-refractivity contribution in [2.45, 2.75) is 31.2 Å². The van der Waals surface area contributed by atoms with Crippen LogP contribution in [0.1, 0.15) is 29.3 Å². The van der Waals surface area contributed by atoms with E-state index in [-0.39, 0.29) is 11.5 Å². The van der Waals surface area contributed by atoms with Crippen LogP contribution in [-0.4, -0.2) is 12.7 Å². The second-order valence-corrected chi connectivity index (χ2v) is 4.33. The van der Waals surface area contributed by atoms with Gasteiger partial charge >= 0.3 is 0 Å². The van der Waals surface area contributed by atoms with Crippen LogP contribution in [0.5, 0.6) is 0 Å². The van der Waals surface area contributed by atoms with E-state index in [4.69, 9.17) is 16.3 Å². The van der Waals surface area contributed by atoms with Crippen molar-refractivity contribution in [3.63, 3.8) is 0 Å². The standard InChI is InChI=1S/C12H15ClO/c1-9-4-6-10(7-5-9)12(13)11-3-2-8-14-11/h4-7,11-12H,2-3,8H2,1H3. The Bertz CT molecular complexity index is 288. The number of hydrogen-bond acceptors (Lipinski definition) is 1. The van der Waals surface area contributed by atoms with Gasteiger partial charge in [-0.05, 0) is 25.3 Å². The first-order valence-corrected chi connectivity index (χ1v) is 5.53. The Hall–Kier alpha value is -0.530. The molecule has 2 unspecified atom stereocenters. The maximum Gasteiger partial charge on any atom is 0.0847 e. The fourth-order valence-electron chi connectivity index (χ4n) is 1.80. The molecule has 0 aliphatic carbocycles. The summed E-state index contributed by atoms with van der Waals surface area (Å²) in [6, 6.07) is 8.38. The van der Waals surface area contributed by atoms with Gasteiger partial charge in [-0.15, -0.1) is 11.6 Å². The summed E-state index contributed by atoms with van der Waals surface area (Å²) in [4.78, 5) is 0. The zero-order valence-corrected chi connectivity index (χ0v) is 9.13. The van der Waals surface area contributed by atoms with Crippen molar-refractivity contribution in [2.24, 2.45) is 0 Å². The first kappa shape index (κ1) is 10.0. The second-order valence-electron chi connectivity index (χ2n) is 3.86. The molecule has 76 valence electrons. The Labute approximate surface area is 90.0 Å². The molecule has 1 aromatic rings. The molecule has 0 bridgehead atoms. The van der Waals surface area contributed by atoms with E-state index >= 15 is 0 Å². The van der Waals surface area contributed by atoms with Crippen molar-refractivity contribution in [2.75, 3.05) is 6.61 Å². The molecule has 1 aliphatic rings. The molecule has 14 heavy (non-hydrogen) atoms. The Balaban J connectivity index is 2.09. The van der Waals surface area contributed by atoms with Crippen LogP contribution in [0, 0.1) is 6.92 Å². The highest BCUT2D eigenvalue weighted by molar-refractivity contribution is 6.21. The summed E-state index contributed by atoms with van der Waals surface area (Å²) in [5.74, 6) is 0. The van der Waals surface area contributed by atoms with Gasteiger partial charge in [0, 0.05) is 6.61 Å². The number of alkyl halides is 1. The molecule has 0 radical (unpaired) electrons. The number of halogens is 1. The van der Waals surface area contributed by atoms with Crippen LogP contribution in [0.15, 0.2) is 24.3 Å². The van der Waals surface area contributed by atoms with E-state index in [1.165, 1.54) is 11.1 Å². The summed E-state index contributed by atoms with van der Waals surface area (Å²) in [5, 5.41) is 0.0121. The Morgan fingerprint density at radius 3 is 2.64 bits per heavy atom. The van der Waals surface area contributed by atoms with Gasteiger partial charge in [0.25, 0.3) is 0 Å². The fraction of sp³-hybridized carbons (Fsp3) is 0.500. The monoisotopic (exact) mass is 210 g/mol. The van der Waals surface area contributed by atoms with Crippen molar-refractivity contribution in [1.29, 1.82) is 0 Å². The predicted molar refractivity (Wildman–Crippen MR) is 58.7 cm³/mol. The highest BCUT2D eigenvalue weighted by atomic mass is 35.5. The van der Waals surface area contributed by atoms with Crippen LogP contribution >= 0.6 is 11.6 Å². The number of aryl methyl sites for hydroxylation is 1. The van der Waals surface area contributed by atoms with Crippen LogP contribution < -0.4 is 0 Å². The average Bonchev–Trinajstić information content (AvgIpc) is 2.71. The molecule has 0 N–H and O–H groups in total. The normalized spacial score (nSPS) is 23.7. The lowest BCUT2D eigenvalue weighted by Crippen LogP contribution is -2.12. The van der Waals surface area contributed by atoms with E-state index in [1.807, 2.05) is 0 Å². The molecule has 2 atom stereocenters. The molecule has 2 heteroatoms. The van der Waals surface area contributed by atoms with Gasteiger partial charge in [0.05, 0.1) is 11.5 Å². The molecular formula is C12H15ClO. The number of rotatable bonds is 2. The number of benzene rings is 1. The zero-order valence-electron chi connectivity index (χ0n) is 8.37. The third-order valence-electron chi connectivity index (χ3n) is 2.69. The quantitative estimate of drug-likeness (QED) is 0.680. The fourth-order valence-corrected chi connectivity index (χ4v) is 2.14. The van der Waals surface area contributed by atoms with E-state index in [0.717, 1.165) is 19.4 Å². The molecule has 0 spiro atoms. The summed E-state index contributed by atoms with van der Waals surface area (Å²) < 4.78 is 5.57. The van der Waals surface area contributed by atoms with E-state index in [0.29, 0.717) is 0 Å². The average molecular weight is 211 g/mol. The molecule has 1 aliphatic heterocycles. The van der Waals surface area contributed by atoms with Gasteiger partial charge < -0.3 is 4.74 Å². The molecular weight excluding hydrogens is 196 g/mol. The predicted octanol–water partition coefficient (Wildman–Crippen LogP) is 3.45. The maximum atomic E-state index is 6.34. The minimum absolute atomic E-state index is 0.0121. The van der Waals surface area contributed by atoms with Gasteiger partial charge in [-0.2, -0.15) is 0 Å². The van der Waals surface area contributed by atoms with Crippen LogP contribution in [0.4, 0.5) is 0 Å². The molecule has 1 heterocycles. The van der Waals surface area contributed by atoms with Crippen LogP contribution in [-0.2, 0) is 4.74 Å². The highest BCUT2D eigenvalue weighted by Crippen LogP contribution is 2.32. The number of ether oxygens (including phenoxy) is 1. The lowest BCUT2D eigenvalue weighted by Gasteiger charge is -2.16. The van der Waals surface area contributed by atoms with Crippen molar-refractivity contribution < 1.29 is 4.74 Å². The summed E-state index contributed by atoms with van der Waals surface area (Å²) in [5.41, 5.74) is 2.44. The van der Waals surface area contributed by atoms with Crippen molar-refractivity contribution in [3.8, 4) is 0 Å². The molecule has 0 saturated carbocycles. The minimum atomic E-state index is 0.0121. The van der Waals surface area contributed by atoms with Gasteiger partial charge in [0.15, 0.2) is 0 Å². The van der Waals surface area contributed by atoms with Crippen LogP contribution in [0.2, 0.25) is 0 Å². The highest BCUT2D eigenvalue weighted by Gasteiger charge is 2.25. The first-order chi connectivity index (χ1) is 6.77. The summed E-state index contributed by atoms with van der Waals surface area (Å²) >= 11 is 6.34.